The molecule has 1 saturated heterocycles. The molecule has 0 aromatic heterocycles. The SMILES string of the molecule is Cc1ccc(S(=O)(=O)N2CCCCC2C(=O)OCC(=O)Nc2cccc(Cl)c2Cl)cc1. The van der Waals surface area contributed by atoms with Crippen LogP contribution in [-0.2, 0) is 24.3 Å². The summed E-state index contributed by atoms with van der Waals surface area (Å²) < 4.78 is 32.4. The van der Waals surface area contributed by atoms with Gasteiger partial charge in [0.25, 0.3) is 5.91 Å². The van der Waals surface area contributed by atoms with Gasteiger partial charge in [-0.05, 0) is 50.5 Å². The molecule has 0 spiro atoms. The van der Waals surface area contributed by atoms with Gasteiger partial charge in [0, 0.05) is 6.54 Å². The van der Waals surface area contributed by atoms with Crippen molar-refractivity contribution in [3.05, 3.63) is 58.1 Å². The van der Waals surface area contributed by atoms with E-state index in [1.54, 1.807) is 30.3 Å². The molecule has 0 saturated carbocycles. The van der Waals surface area contributed by atoms with Gasteiger partial charge in [0.05, 0.1) is 20.6 Å². The number of hydrogen-bond donors (Lipinski definition) is 1. The molecular weight excluding hydrogens is 463 g/mol. The van der Waals surface area contributed by atoms with Crippen LogP contribution < -0.4 is 5.32 Å². The maximum absolute atomic E-state index is 13.1. The summed E-state index contributed by atoms with van der Waals surface area (Å²) in [7, 11) is -3.87. The fourth-order valence-corrected chi connectivity index (χ4v) is 5.29. The molecule has 2 aromatic rings. The second-order valence-corrected chi connectivity index (χ2v) is 9.87. The zero-order chi connectivity index (χ0) is 22.6. The van der Waals surface area contributed by atoms with Crippen molar-refractivity contribution in [1.82, 2.24) is 4.31 Å². The molecule has 1 heterocycles. The first-order valence-corrected chi connectivity index (χ1v) is 11.9. The van der Waals surface area contributed by atoms with Crippen molar-refractivity contribution in [2.24, 2.45) is 0 Å². The van der Waals surface area contributed by atoms with Gasteiger partial charge < -0.3 is 10.1 Å². The molecule has 31 heavy (non-hydrogen) atoms. The zero-order valence-electron chi connectivity index (χ0n) is 16.8. The third-order valence-electron chi connectivity index (χ3n) is 4.92. The van der Waals surface area contributed by atoms with Gasteiger partial charge in [-0.25, -0.2) is 8.42 Å². The standard InChI is InChI=1S/C21H22Cl2N2O5S/c1-14-8-10-15(11-9-14)31(28,29)25-12-3-2-7-18(25)21(27)30-13-19(26)24-17-6-4-5-16(22)20(17)23/h4-6,8-11,18H,2-3,7,12-13H2,1H3,(H,24,26). The van der Waals surface area contributed by atoms with E-state index in [1.807, 2.05) is 6.92 Å². The van der Waals surface area contributed by atoms with Gasteiger partial charge in [-0.15, -0.1) is 0 Å². The number of nitrogens with zero attached hydrogens (tertiary/aromatic N) is 1. The summed E-state index contributed by atoms with van der Waals surface area (Å²) in [6.45, 7) is 1.50. The Kier molecular flexibility index (Phi) is 7.59. The van der Waals surface area contributed by atoms with Crippen molar-refractivity contribution in [2.45, 2.75) is 37.1 Å². The van der Waals surface area contributed by atoms with Crippen LogP contribution in [0.15, 0.2) is 47.4 Å². The molecule has 1 N–H and O–H groups in total. The first-order valence-electron chi connectivity index (χ1n) is 9.69. The van der Waals surface area contributed by atoms with Crippen LogP contribution in [0.2, 0.25) is 10.0 Å². The molecule has 0 aliphatic carbocycles. The number of halogens is 2. The van der Waals surface area contributed by atoms with E-state index >= 15 is 0 Å². The molecule has 1 unspecified atom stereocenters. The highest BCUT2D eigenvalue weighted by molar-refractivity contribution is 7.89. The van der Waals surface area contributed by atoms with Crippen molar-refractivity contribution in [3.8, 4) is 0 Å². The van der Waals surface area contributed by atoms with Crippen LogP contribution in [0, 0.1) is 6.92 Å². The van der Waals surface area contributed by atoms with Crippen LogP contribution in [0.5, 0.6) is 0 Å². The van der Waals surface area contributed by atoms with Crippen LogP contribution >= 0.6 is 23.2 Å². The molecule has 10 heteroatoms. The van der Waals surface area contributed by atoms with Gasteiger partial charge in [0.2, 0.25) is 10.0 Å². The van der Waals surface area contributed by atoms with E-state index < -0.39 is 34.5 Å². The number of aryl methyl sites for hydroxylation is 1. The van der Waals surface area contributed by atoms with Gasteiger partial charge >= 0.3 is 5.97 Å². The molecule has 1 aliphatic heterocycles. The predicted octanol–water partition coefficient (Wildman–Crippen LogP) is 4.03. The second kappa shape index (κ2) is 9.99. The molecule has 166 valence electrons. The lowest BCUT2D eigenvalue weighted by Gasteiger charge is -2.33. The summed E-state index contributed by atoms with van der Waals surface area (Å²) in [5, 5.41) is 2.96. The molecule has 2 aromatic carbocycles. The molecule has 1 amide bonds. The number of benzene rings is 2. The molecule has 1 aliphatic rings. The Hall–Kier alpha value is -2.13. The number of sulfonamides is 1. The van der Waals surface area contributed by atoms with Crippen LogP contribution in [0.4, 0.5) is 5.69 Å². The number of piperidine rings is 1. The van der Waals surface area contributed by atoms with E-state index in [4.69, 9.17) is 27.9 Å². The van der Waals surface area contributed by atoms with Gasteiger partial charge in [0.1, 0.15) is 6.04 Å². The normalized spacial score (nSPS) is 17.2. The Labute approximate surface area is 191 Å². The minimum atomic E-state index is -3.87. The van der Waals surface area contributed by atoms with Crippen molar-refractivity contribution in [2.75, 3.05) is 18.5 Å². The van der Waals surface area contributed by atoms with E-state index in [0.717, 1.165) is 9.87 Å². The number of anilines is 1. The Morgan fingerprint density at radius 3 is 2.55 bits per heavy atom. The topological polar surface area (TPSA) is 92.8 Å². The Morgan fingerprint density at radius 1 is 1.13 bits per heavy atom. The Balaban J connectivity index is 1.67. The lowest BCUT2D eigenvalue weighted by molar-refractivity contribution is -0.152. The van der Waals surface area contributed by atoms with Crippen molar-refractivity contribution in [1.29, 1.82) is 0 Å². The zero-order valence-corrected chi connectivity index (χ0v) is 19.1. The molecular formula is C21H22Cl2N2O5S. The first-order chi connectivity index (χ1) is 14.7. The fraction of sp³-hybridized carbons (Fsp3) is 0.333. The number of carbonyl (C=O) groups is 2. The largest absolute Gasteiger partial charge is 0.454 e. The smallest absolute Gasteiger partial charge is 0.324 e. The molecule has 1 atom stereocenters. The van der Waals surface area contributed by atoms with Gasteiger partial charge in [0.15, 0.2) is 6.61 Å². The number of esters is 1. The van der Waals surface area contributed by atoms with E-state index in [-0.39, 0.29) is 27.2 Å². The lowest BCUT2D eigenvalue weighted by atomic mass is 10.1. The Bertz CT molecular complexity index is 1070. The summed E-state index contributed by atoms with van der Waals surface area (Å²) in [6, 6.07) is 10.2. The summed E-state index contributed by atoms with van der Waals surface area (Å²) >= 11 is 11.9. The van der Waals surface area contributed by atoms with Crippen molar-refractivity contribution < 1.29 is 22.7 Å². The molecule has 0 bridgehead atoms. The van der Waals surface area contributed by atoms with Crippen LogP contribution in [-0.4, -0.2) is 43.8 Å². The average Bonchev–Trinajstić information content (AvgIpc) is 2.75. The van der Waals surface area contributed by atoms with Crippen LogP contribution in [0.1, 0.15) is 24.8 Å². The molecule has 0 radical (unpaired) electrons. The predicted molar refractivity (Wildman–Crippen MR) is 119 cm³/mol. The van der Waals surface area contributed by atoms with Gasteiger partial charge in [-0.2, -0.15) is 4.31 Å². The number of nitrogens with one attached hydrogen (secondary N) is 1. The number of hydrogen-bond acceptors (Lipinski definition) is 5. The van der Waals surface area contributed by atoms with Gasteiger partial charge in [-0.3, -0.25) is 9.59 Å². The number of carbonyl (C=O) groups excluding carboxylic acids is 2. The van der Waals surface area contributed by atoms with Gasteiger partial charge in [-0.1, -0.05) is 47.0 Å². The summed E-state index contributed by atoms with van der Waals surface area (Å²) in [4.78, 5) is 25.0. The van der Waals surface area contributed by atoms with Crippen molar-refractivity contribution in [3.63, 3.8) is 0 Å². The summed E-state index contributed by atoms with van der Waals surface area (Å²) in [5.74, 6) is -1.37. The summed E-state index contributed by atoms with van der Waals surface area (Å²) in [5.41, 5.74) is 1.22. The molecule has 1 fully saturated rings. The van der Waals surface area contributed by atoms with Crippen LogP contribution in [0.3, 0.4) is 0 Å². The molecule has 7 nitrogen and oxygen atoms in total. The second-order valence-electron chi connectivity index (χ2n) is 7.20. The number of amides is 1. The van der Waals surface area contributed by atoms with E-state index in [1.165, 1.54) is 12.1 Å². The van der Waals surface area contributed by atoms with E-state index in [0.29, 0.717) is 19.3 Å². The van der Waals surface area contributed by atoms with Crippen LogP contribution in [0.25, 0.3) is 0 Å². The minimum absolute atomic E-state index is 0.117. The Morgan fingerprint density at radius 2 is 1.84 bits per heavy atom. The highest BCUT2D eigenvalue weighted by atomic mass is 35.5. The fourth-order valence-electron chi connectivity index (χ4n) is 3.29. The minimum Gasteiger partial charge on any atom is -0.454 e. The number of rotatable bonds is 6. The maximum Gasteiger partial charge on any atom is 0.324 e. The summed E-state index contributed by atoms with van der Waals surface area (Å²) in [6.07, 6.45) is 1.65. The lowest BCUT2D eigenvalue weighted by Crippen LogP contribution is -2.48. The average molecular weight is 485 g/mol. The van der Waals surface area contributed by atoms with Crippen molar-refractivity contribution >= 4 is 50.8 Å². The van der Waals surface area contributed by atoms with E-state index in [9.17, 15) is 18.0 Å². The highest BCUT2D eigenvalue weighted by Crippen LogP contribution is 2.29. The van der Waals surface area contributed by atoms with E-state index in [2.05, 4.69) is 5.32 Å². The monoisotopic (exact) mass is 484 g/mol. The number of ether oxygens (including phenoxy) is 1. The quantitative estimate of drug-likeness (QED) is 0.624. The maximum atomic E-state index is 13.1. The highest BCUT2D eigenvalue weighted by Gasteiger charge is 2.38. The third-order valence-corrected chi connectivity index (χ3v) is 7.67. The third kappa shape index (κ3) is 5.57. The molecule has 3 rings (SSSR count). The first kappa shape index (κ1) is 23.5.